The molecule has 0 bridgehead atoms. The lowest BCUT2D eigenvalue weighted by Crippen LogP contribution is -2.27. The van der Waals surface area contributed by atoms with Crippen molar-refractivity contribution in [2.75, 3.05) is 7.05 Å². The summed E-state index contributed by atoms with van der Waals surface area (Å²) in [6, 6.07) is 7.46. The molecule has 1 saturated carbocycles. The van der Waals surface area contributed by atoms with Crippen LogP contribution in [0.5, 0.6) is 0 Å². The largest absolute Gasteiger partial charge is 0.313 e. The van der Waals surface area contributed by atoms with Crippen LogP contribution in [0.1, 0.15) is 44.7 Å². The second kappa shape index (κ2) is 6.24. The third kappa shape index (κ3) is 3.59. The lowest BCUT2D eigenvalue weighted by molar-refractivity contribution is 0.573. The van der Waals surface area contributed by atoms with Crippen LogP contribution in [0.2, 0.25) is 0 Å². The fourth-order valence-electron chi connectivity index (χ4n) is 2.45. The molecule has 0 spiro atoms. The van der Waals surface area contributed by atoms with Gasteiger partial charge in [0.25, 0.3) is 0 Å². The zero-order chi connectivity index (χ0) is 14.8. The van der Waals surface area contributed by atoms with Gasteiger partial charge in [0, 0.05) is 12.1 Å². The van der Waals surface area contributed by atoms with Gasteiger partial charge in [-0.15, -0.1) is 0 Å². The first kappa shape index (κ1) is 15.5. The van der Waals surface area contributed by atoms with E-state index < -0.39 is 10.0 Å². The molecular formula is C15H24N2O2S. The third-order valence-corrected chi connectivity index (χ3v) is 5.52. The zero-order valence-electron chi connectivity index (χ0n) is 12.4. The van der Waals surface area contributed by atoms with Crippen molar-refractivity contribution < 1.29 is 8.42 Å². The molecule has 1 aromatic carbocycles. The monoisotopic (exact) mass is 296 g/mol. The predicted molar refractivity (Wildman–Crippen MR) is 81.0 cm³/mol. The Bertz CT molecular complexity index is 539. The topological polar surface area (TPSA) is 58.2 Å². The van der Waals surface area contributed by atoms with Crippen LogP contribution >= 0.6 is 0 Å². The fraction of sp³-hybridized carbons (Fsp3) is 0.600. The van der Waals surface area contributed by atoms with Gasteiger partial charge in [0.05, 0.1) is 4.90 Å². The Labute approximate surface area is 122 Å². The minimum Gasteiger partial charge on any atom is -0.313 e. The van der Waals surface area contributed by atoms with Gasteiger partial charge in [0.1, 0.15) is 0 Å². The van der Waals surface area contributed by atoms with Gasteiger partial charge in [0.15, 0.2) is 0 Å². The van der Waals surface area contributed by atoms with Crippen LogP contribution < -0.4 is 10.0 Å². The van der Waals surface area contributed by atoms with Crippen molar-refractivity contribution in [1.82, 2.24) is 10.0 Å². The molecule has 3 unspecified atom stereocenters. The highest BCUT2D eigenvalue weighted by atomic mass is 32.2. The molecule has 1 aliphatic carbocycles. The Morgan fingerprint density at radius 1 is 1.30 bits per heavy atom. The molecule has 1 aromatic rings. The minimum absolute atomic E-state index is 0.135. The van der Waals surface area contributed by atoms with Crippen LogP contribution in [0.25, 0.3) is 0 Å². The van der Waals surface area contributed by atoms with Gasteiger partial charge in [-0.25, -0.2) is 13.1 Å². The van der Waals surface area contributed by atoms with Crippen molar-refractivity contribution in [2.24, 2.45) is 5.92 Å². The maximum absolute atomic E-state index is 12.3. The number of sulfonamides is 1. The second-order valence-electron chi connectivity index (χ2n) is 5.59. The van der Waals surface area contributed by atoms with Gasteiger partial charge in [-0.2, -0.15) is 0 Å². The molecule has 2 rings (SSSR count). The van der Waals surface area contributed by atoms with Gasteiger partial charge < -0.3 is 5.32 Å². The Morgan fingerprint density at radius 2 is 1.95 bits per heavy atom. The quantitative estimate of drug-likeness (QED) is 0.812. The van der Waals surface area contributed by atoms with E-state index in [9.17, 15) is 8.42 Å². The summed E-state index contributed by atoms with van der Waals surface area (Å²) in [5, 5.41) is 3.14. The average Bonchev–Trinajstić information content (AvgIpc) is 3.15. The molecule has 5 heteroatoms. The summed E-state index contributed by atoms with van der Waals surface area (Å²) in [5.41, 5.74) is 1.08. The van der Waals surface area contributed by atoms with E-state index in [0.717, 1.165) is 24.8 Å². The lowest BCUT2D eigenvalue weighted by Gasteiger charge is -2.11. The number of hydrogen-bond donors (Lipinski definition) is 2. The highest BCUT2D eigenvalue weighted by molar-refractivity contribution is 7.89. The van der Waals surface area contributed by atoms with Crippen molar-refractivity contribution in [3.8, 4) is 0 Å². The molecule has 0 radical (unpaired) electrons. The molecule has 0 amide bonds. The van der Waals surface area contributed by atoms with Crippen LogP contribution in [0.15, 0.2) is 29.2 Å². The van der Waals surface area contributed by atoms with E-state index in [4.69, 9.17) is 0 Å². The molecular weight excluding hydrogens is 272 g/mol. The summed E-state index contributed by atoms with van der Waals surface area (Å²) >= 11 is 0. The van der Waals surface area contributed by atoms with Crippen LogP contribution in [0.3, 0.4) is 0 Å². The van der Waals surface area contributed by atoms with E-state index in [1.165, 1.54) is 0 Å². The Balaban J connectivity index is 2.03. The van der Waals surface area contributed by atoms with Gasteiger partial charge in [-0.3, -0.25) is 0 Å². The predicted octanol–water partition coefficient (Wildman–Crippen LogP) is 2.43. The maximum Gasteiger partial charge on any atom is 0.240 e. The fourth-order valence-corrected chi connectivity index (χ4v) is 3.77. The van der Waals surface area contributed by atoms with E-state index in [2.05, 4.69) is 17.0 Å². The number of hydrogen-bond acceptors (Lipinski definition) is 3. The van der Waals surface area contributed by atoms with E-state index in [1.807, 2.05) is 26.1 Å². The van der Waals surface area contributed by atoms with Crippen LogP contribution in [0, 0.1) is 5.92 Å². The molecule has 0 aromatic heterocycles. The number of benzene rings is 1. The first-order valence-corrected chi connectivity index (χ1v) is 8.75. The van der Waals surface area contributed by atoms with Crippen LogP contribution in [-0.4, -0.2) is 21.5 Å². The van der Waals surface area contributed by atoms with Crippen LogP contribution in [-0.2, 0) is 10.0 Å². The molecule has 1 aliphatic rings. The van der Waals surface area contributed by atoms with Gasteiger partial charge in [-0.05, 0) is 50.4 Å². The highest BCUT2D eigenvalue weighted by Gasteiger charge is 2.39. The molecule has 0 aliphatic heterocycles. The summed E-state index contributed by atoms with van der Waals surface area (Å²) in [6.45, 7) is 4.17. The molecule has 112 valence electrons. The zero-order valence-corrected chi connectivity index (χ0v) is 13.2. The first-order chi connectivity index (χ1) is 9.47. The van der Waals surface area contributed by atoms with Crippen molar-refractivity contribution in [3.05, 3.63) is 29.8 Å². The second-order valence-corrected chi connectivity index (χ2v) is 7.31. The summed E-state index contributed by atoms with van der Waals surface area (Å²) in [5.74, 6) is 0.526. The molecule has 3 atom stereocenters. The van der Waals surface area contributed by atoms with Crippen molar-refractivity contribution in [1.29, 1.82) is 0 Å². The van der Waals surface area contributed by atoms with E-state index in [0.29, 0.717) is 10.8 Å². The molecule has 0 saturated heterocycles. The van der Waals surface area contributed by atoms with E-state index >= 15 is 0 Å². The molecule has 4 nitrogen and oxygen atoms in total. The Kier molecular flexibility index (Phi) is 4.83. The first-order valence-electron chi connectivity index (χ1n) is 7.27. The summed E-state index contributed by atoms with van der Waals surface area (Å²) in [7, 11) is -1.48. The van der Waals surface area contributed by atoms with Gasteiger partial charge in [0.2, 0.25) is 10.0 Å². The SMILES string of the molecule is CCCC1CC1NS(=O)(=O)c1ccc(C(C)NC)cc1. The van der Waals surface area contributed by atoms with Crippen molar-refractivity contribution >= 4 is 10.0 Å². The molecule has 0 heterocycles. The highest BCUT2D eigenvalue weighted by Crippen LogP contribution is 2.35. The van der Waals surface area contributed by atoms with Gasteiger partial charge in [-0.1, -0.05) is 25.5 Å². The standard InChI is InChI=1S/C15H24N2O2S/c1-4-5-13-10-15(13)17-20(18,19)14-8-6-12(7-9-14)11(2)16-3/h6-9,11,13,15-17H,4-5,10H2,1-3H3. The smallest absolute Gasteiger partial charge is 0.240 e. The Morgan fingerprint density at radius 3 is 2.50 bits per heavy atom. The third-order valence-electron chi connectivity index (χ3n) is 4.01. The molecule has 1 fully saturated rings. The van der Waals surface area contributed by atoms with Crippen LogP contribution in [0.4, 0.5) is 0 Å². The summed E-state index contributed by atoms with van der Waals surface area (Å²) in [6.07, 6.45) is 3.19. The lowest BCUT2D eigenvalue weighted by atomic mass is 10.1. The minimum atomic E-state index is -3.37. The normalized spacial score (nSPS) is 23.6. The molecule has 20 heavy (non-hydrogen) atoms. The number of rotatable bonds is 7. The van der Waals surface area contributed by atoms with E-state index in [1.54, 1.807) is 12.1 Å². The van der Waals surface area contributed by atoms with Crippen molar-refractivity contribution in [2.45, 2.75) is 50.1 Å². The number of nitrogens with one attached hydrogen (secondary N) is 2. The maximum atomic E-state index is 12.3. The summed E-state index contributed by atoms with van der Waals surface area (Å²) in [4.78, 5) is 0.353. The molecule has 2 N–H and O–H groups in total. The Hall–Kier alpha value is -0.910. The summed E-state index contributed by atoms with van der Waals surface area (Å²) < 4.78 is 27.3. The van der Waals surface area contributed by atoms with E-state index in [-0.39, 0.29) is 12.1 Å². The van der Waals surface area contributed by atoms with Crippen molar-refractivity contribution in [3.63, 3.8) is 0 Å². The van der Waals surface area contributed by atoms with Gasteiger partial charge >= 0.3 is 0 Å². The average molecular weight is 296 g/mol.